The number of non-ortho nitro benzene ring substituents is 1. The van der Waals surface area contributed by atoms with Crippen LogP contribution in [0.15, 0.2) is 47.5 Å². The average molecular weight is 457 g/mol. The van der Waals surface area contributed by atoms with Crippen LogP contribution in [-0.2, 0) is 14.3 Å². The zero-order chi connectivity index (χ0) is 23.3. The lowest BCUT2D eigenvalue weighted by Gasteiger charge is -2.16. The van der Waals surface area contributed by atoms with E-state index in [9.17, 15) is 19.7 Å². The van der Waals surface area contributed by atoms with E-state index in [4.69, 9.17) is 4.74 Å². The van der Waals surface area contributed by atoms with Crippen LogP contribution in [0, 0.1) is 24.0 Å². The Morgan fingerprint density at radius 3 is 2.47 bits per heavy atom. The summed E-state index contributed by atoms with van der Waals surface area (Å²) in [7, 11) is 1.54. The molecule has 1 saturated heterocycles. The summed E-state index contributed by atoms with van der Waals surface area (Å²) in [6.45, 7) is 4.44. The monoisotopic (exact) mass is 456 g/mol. The van der Waals surface area contributed by atoms with Crippen LogP contribution >= 0.6 is 11.8 Å². The molecule has 32 heavy (non-hydrogen) atoms. The minimum Gasteiger partial charge on any atom is -0.383 e. The van der Waals surface area contributed by atoms with Gasteiger partial charge in [-0.1, -0.05) is 30.0 Å². The highest BCUT2D eigenvalue weighted by Gasteiger charge is 2.39. The first-order valence-electron chi connectivity index (χ1n) is 9.96. The highest BCUT2D eigenvalue weighted by atomic mass is 32.2. The molecule has 0 spiro atoms. The van der Waals surface area contributed by atoms with Crippen molar-refractivity contribution in [2.45, 2.75) is 25.5 Å². The number of methoxy groups -OCH3 is 1. The molecule has 0 radical (unpaired) electrons. The molecule has 1 atom stereocenters. The first-order valence-corrected chi connectivity index (χ1v) is 10.8. The van der Waals surface area contributed by atoms with Gasteiger partial charge in [-0.05, 0) is 37.1 Å². The normalized spacial score (nSPS) is 17.1. The fourth-order valence-corrected chi connectivity index (χ4v) is 4.43. The number of aliphatic imine (C=N–C) groups is 1. The third kappa shape index (κ3) is 5.51. The number of anilines is 1. The molecule has 0 aromatic heterocycles. The predicted molar refractivity (Wildman–Crippen MR) is 124 cm³/mol. The molecule has 1 fully saturated rings. The minimum absolute atomic E-state index is 0.0000376. The fourth-order valence-electron chi connectivity index (χ4n) is 3.24. The number of nitro groups is 1. The molecule has 9 nitrogen and oxygen atoms in total. The molecule has 0 saturated carbocycles. The van der Waals surface area contributed by atoms with Gasteiger partial charge < -0.3 is 10.1 Å². The second kappa shape index (κ2) is 10.4. The summed E-state index contributed by atoms with van der Waals surface area (Å²) in [5, 5.41) is 13.6. The molecule has 3 rings (SSSR count). The highest BCUT2D eigenvalue weighted by molar-refractivity contribution is 8.15. The smallest absolute Gasteiger partial charge is 0.269 e. The summed E-state index contributed by atoms with van der Waals surface area (Å²) in [6, 6.07) is 11.5. The molecule has 10 heteroatoms. The predicted octanol–water partition coefficient (Wildman–Crippen LogP) is 3.82. The Morgan fingerprint density at radius 2 is 1.88 bits per heavy atom. The van der Waals surface area contributed by atoms with Gasteiger partial charge in [0, 0.05) is 31.4 Å². The van der Waals surface area contributed by atoms with Gasteiger partial charge in [-0.2, -0.15) is 0 Å². The topological polar surface area (TPSA) is 114 Å². The zero-order valence-corrected chi connectivity index (χ0v) is 18.8. The maximum absolute atomic E-state index is 13.0. The minimum atomic E-state index is -0.618. The number of amides is 2. The van der Waals surface area contributed by atoms with Crippen LogP contribution in [0.5, 0.6) is 0 Å². The van der Waals surface area contributed by atoms with Crippen molar-refractivity contribution in [3.8, 4) is 0 Å². The Bertz CT molecular complexity index is 1030. The lowest BCUT2D eigenvalue weighted by atomic mass is 10.1. The maximum Gasteiger partial charge on any atom is 0.269 e. The highest BCUT2D eigenvalue weighted by Crippen LogP contribution is 2.32. The van der Waals surface area contributed by atoms with E-state index in [0.717, 1.165) is 16.8 Å². The first-order chi connectivity index (χ1) is 15.3. The Hall–Kier alpha value is -3.24. The second-order valence-corrected chi connectivity index (χ2v) is 8.45. The van der Waals surface area contributed by atoms with Crippen molar-refractivity contribution in [1.29, 1.82) is 0 Å². The second-order valence-electron chi connectivity index (χ2n) is 7.28. The third-order valence-electron chi connectivity index (χ3n) is 4.94. The van der Waals surface area contributed by atoms with Crippen LogP contribution in [-0.4, -0.2) is 52.3 Å². The molecule has 1 aliphatic rings. The number of amidine groups is 1. The quantitative estimate of drug-likeness (QED) is 0.477. The number of rotatable bonds is 8. The van der Waals surface area contributed by atoms with Crippen LogP contribution in [0.1, 0.15) is 17.5 Å². The summed E-state index contributed by atoms with van der Waals surface area (Å²) < 4.78 is 5.10. The summed E-state index contributed by atoms with van der Waals surface area (Å²) >= 11 is 1.21. The number of benzene rings is 2. The van der Waals surface area contributed by atoms with Gasteiger partial charge in [0.1, 0.15) is 5.25 Å². The Kier molecular flexibility index (Phi) is 7.60. The van der Waals surface area contributed by atoms with Gasteiger partial charge in [-0.3, -0.25) is 24.6 Å². The summed E-state index contributed by atoms with van der Waals surface area (Å²) in [4.78, 5) is 42.0. The molecule has 1 N–H and O–H groups in total. The third-order valence-corrected chi connectivity index (χ3v) is 6.12. The van der Waals surface area contributed by atoms with Gasteiger partial charge in [-0.25, -0.2) is 4.99 Å². The van der Waals surface area contributed by atoms with Crippen molar-refractivity contribution >= 4 is 45.8 Å². The van der Waals surface area contributed by atoms with Crippen LogP contribution in [0.3, 0.4) is 0 Å². The number of hydrogen-bond acceptors (Lipinski definition) is 7. The molecule has 2 amide bonds. The van der Waals surface area contributed by atoms with Crippen molar-refractivity contribution in [2.75, 3.05) is 25.6 Å². The zero-order valence-electron chi connectivity index (χ0n) is 18.0. The van der Waals surface area contributed by atoms with Crippen molar-refractivity contribution in [2.24, 2.45) is 4.99 Å². The van der Waals surface area contributed by atoms with E-state index in [1.807, 2.05) is 32.0 Å². The molecular weight excluding hydrogens is 432 g/mol. The summed E-state index contributed by atoms with van der Waals surface area (Å²) in [5.41, 5.74) is 3.09. The van der Waals surface area contributed by atoms with E-state index in [1.54, 1.807) is 0 Å². The van der Waals surface area contributed by atoms with Gasteiger partial charge >= 0.3 is 0 Å². The van der Waals surface area contributed by atoms with Crippen LogP contribution in [0.4, 0.5) is 17.1 Å². The number of nitrogens with one attached hydrogen (secondary N) is 1. The lowest BCUT2D eigenvalue weighted by molar-refractivity contribution is -0.384. The average Bonchev–Trinajstić information content (AvgIpc) is 3.03. The van der Waals surface area contributed by atoms with Gasteiger partial charge in [0.05, 0.1) is 23.8 Å². The Labute approximate surface area is 190 Å². The summed E-state index contributed by atoms with van der Waals surface area (Å²) in [6.07, 6.45) is 0.0000376. The molecule has 2 aromatic rings. The number of nitro benzene ring substituents is 1. The number of aryl methyl sites for hydroxylation is 2. The van der Waals surface area contributed by atoms with E-state index in [-0.39, 0.29) is 23.9 Å². The largest absolute Gasteiger partial charge is 0.383 e. The number of carbonyl (C=O) groups is 2. The number of para-hydroxylation sites is 1. The van der Waals surface area contributed by atoms with Crippen molar-refractivity contribution in [3.05, 3.63) is 63.7 Å². The molecular formula is C22H24N4O5S. The van der Waals surface area contributed by atoms with Crippen molar-refractivity contribution < 1.29 is 19.2 Å². The number of hydrogen-bond donors (Lipinski definition) is 1. The molecule has 168 valence electrons. The lowest BCUT2D eigenvalue weighted by Crippen LogP contribution is -2.35. The molecule has 2 aromatic carbocycles. The van der Waals surface area contributed by atoms with Crippen LogP contribution < -0.4 is 5.32 Å². The number of carbonyl (C=O) groups excluding carboxylic acids is 2. The van der Waals surface area contributed by atoms with Gasteiger partial charge in [0.25, 0.3) is 5.69 Å². The van der Waals surface area contributed by atoms with Crippen molar-refractivity contribution in [3.63, 3.8) is 0 Å². The van der Waals surface area contributed by atoms with Crippen LogP contribution in [0.2, 0.25) is 0 Å². The Balaban J connectivity index is 1.77. The summed E-state index contributed by atoms with van der Waals surface area (Å²) in [5.74, 6) is -0.471. The van der Waals surface area contributed by atoms with E-state index in [2.05, 4.69) is 10.3 Å². The molecule has 1 heterocycles. The van der Waals surface area contributed by atoms with E-state index < -0.39 is 10.2 Å². The van der Waals surface area contributed by atoms with Crippen molar-refractivity contribution in [1.82, 2.24) is 4.90 Å². The van der Waals surface area contributed by atoms with Gasteiger partial charge in [0.15, 0.2) is 5.17 Å². The van der Waals surface area contributed by atoms with Gasteiger partial charge in [-0.15, -0.1) is 0 Å². The molecule has 0 bridgehead atoms. The van der Waals surface area contributed by atoms with E-state index in [1.165, 1.54) is 48.0 Å². The molecule has 1 aliphatic heterocycles. The maximum atomic E-state index is 13.0. The molecule has 0 unspecified atom stereocenters. The number of thioether (sulfide) groups is 1. The van der Waals surface area contributed by atoms with E-state index in [0.29, 0.717) is 24.0 Å². The first kappa shape index (κ1) is 23.4. The van der Waals surface area contributed by atoms with Gasteiger partial charge in [0.2, 0.25) is 11.8 Å². The van der Waals surface area contributed by atoms with E-state index >= 15 is 0 Å². The SMILES string of the molecule is COCCN1C(=O)[C@@H](CC(=O)Nc2c(C)cccc2C)SC1=Nc1ccc([N+](=O)[O-])cc1. The number of nitrogens with zero attached hydrogens (tertiary/aromatic N) is 3. The van der Waals surface area contributed by atoms with Crippen LogP contribution in [0.25, 0.3) is 0 Å². The molecule has 0 aliphatic carbocycles. The number of ether oxygens (including phenoxy) is 1. The standard InChI is InChI=1S/C22H24N4O5S/c1-14-5-4-6-15(2)20(14)24-19(27)13-18-21(28)25(11-12-31-3)22(32-18)23-16-7-9-17(10-8-16)26(29)30/h4-10,18H,11-13H2,1-3H3,(H,24,27)/t18-/m1/s1. The fraction of sp³-hybridized carbons (Fsp3) is 0.318. The Morgan fingerprint density at radius 1 is 1.22 bits per heavy atom.